The van der Waals surface area contributed by atoms with Gasteiger partial charge in [-0.15, -0.1) is 0 Å². The Hall–Kier alpha value is -1.03. The van der Waals surface area contributed by atoms with Crippen LogP contribution in [-0.2, 0) is 13.1 Å². The Labute approximate surface area is 90.9 Å². The maximum atomic E-state index is 11.6. The molecule has 0 radical (unpaired) electrons. The average Bonchev–Trinajstić information content (AvgIpc) is 2.60. The Balaban J connectivity index is 2.31. The number of unbranched alkanes of at least 4 members (excludes halogenated alkanes) is 1. The lowest BCUT2D eigenvalue weighted by atomic mass is 10.3. The number of aryl methyl sites for hydroxylation is 2. The molecule has 0 fully saturated rings. The van der Waals surface area contributed by atoms with E-state index < -0.39 is 0 Å². The summed E-state index contributed by atoms with van der Waals surface area (Å²) in [4.78, 5) is 11.6. The Morgan fingerprint density at radius 3 is 2.53 bits per heavy atom. The third-order valence-electron chi connectivity index (χ3n) is 2.51. The molecule has 0 spiro atoms. The number of imidazole rings is 1. The number of nitrogens with one attached hydrogen (secondary N) is 1. The molecule has 0 aliphatic rings. The van der Waals surface area contributed by atoms with E-state index in [1.807, 2.05) is 19.3 Å². The minimum Gasteiger partial charge on any atom is -0.317 e. The predicted molar refractivity (Wildman–Crippen MR) is 62.1 cm³/mol. The second kappa shape index (κ2) is 6.45. The monoisotopic (exact) mass is 211 g/mol. The lowest BCUT2D eigenvalue weighted by Gasteiger charge is -2.02. The van der Waals surface area contributed by atoms with Gasteiger partial charge in [0.05, 0.1) is 0 Å². The van der Waals surface area contributed by atoms with Crippen LogP contribution in [-0.4, -0.2) is 22.2 Å². The lowest BCUT2D eigenvalue weighted by molar-refractivity contribution is 0.555. The smallest absolute Gasteiger partial charge is 0.317 e. The summed E-state index contributed by atoms with van der Waals surface area (Å²) in [6.07, 6.45) is 5.91. The highest BCUT2D eigenvalue weighted by Crippen LogP contribution is 1.92. The van der Waals surface area contributed by atoms with Crippen molar-refractivity contribution in [3.63, 3.8) is 0 Å². The second-order valence-electron chi connectivity index (χ2n) is 3.62. The van der Waals surface area contributed by atoms with E-state index in [1.165, 1.54) is 0 Å². The van der Waals surface area contributed by atoms with Gasteiger partial charge in [-0.05, 0) is 32.9 Å². The average molecular weight is 211 g/mol. The number of hydrogen-bond acceptors (Lipinski definition) is 2. The summed E-state index contributed by atoms with van der Waals surface area (Å²) in [5.74, 6) is 0. The summed E-state index contributed by atoms with van der Waals surface area (Å²) in [6, 6.07) is 0. The molecule has 15 heavy (non-hydrogen) atoms. The highest BCUT2D eigenvalue weighted by Gasteiger charge is 2.00. The van der Waals surface area contributed by atoms with Crippen LogP contribution < -0.4 is 11.0 Å². The van der Waals surface area contributed by atoms with Crippen LogP contribution in [0.5, 0.6) is 0 Å². The van der Waals surface area contributed by atoms with Gasteiger partial charge >= 0.3 is 5.69 Å². The van der Waals surface area contributed by atoms with Gasteiger partial charge in [0.2, 0.25) is 0 Å². The molecule has 1 aromatic heterocycles. The molecule has 1 N–H and O–H groups in total. The predicted octanol–water partition coefficient (Wildman–Crippen LogP) is 1.06. The molecule has 0 atom stereocenters. The second-order valence-corrected chi connectivity index (χ2v) is 3.62. The number of rotatable bonds is 7. The first-order valence-electron chi connectivity index (χ1n) is 5.75. The first kappa shape index (κ1) is 12.0. The van der Waals surface area contributed by atoms with Gasteiger partial charge in [-0.3, -0.25) is 9.13 Å². The Morgan fingerprint density at radius 1 is 1.20 bits per heavy atom. The molecular formula is C11H21N3O. The van der Waals surface area contributed by atoms with Crippen LogP contribution in [0.15, 0.2) is 17.2 Å². The molecule has 0 aliphatic heterocycles. The van der Waals surface area contributed by atoms with Gasteiger partial charge in [-0.2, -0.15) is 0 Å². The van der Waals surface area contributed by atoms with E-state index in [9.17, 15) is 4.79 Å². The molecule has 0 bridgehead atoms. The van der Waals surface area contributed by atoms with E-state index in [1.54, 1.807) is 9.13 Å². The summed E-state index contributed by atoms with van der Waals surface area (Å²) in [7, 11) is 0. The van der Waals surface area contributed by atoms with Gasteiger partial charge in [0.25, 0.3) is 0 Å². The summed E-state index contributed by atoms with van der Waals surface area (Å²) in [5, 5.41) is 3.27. The maximum absolute atomic E-state index is 11.6. The normalized spacial score (nSPS) is 10.8. The van der Waals surface area contributed by atoms with Crippen molar-refractivity contribution >= 4 is 0 Å². The molecule has 86 valence electrons. The van der Waals surface area contributed by atoms with Gasteiger partial charge in [0.1, 0.15) is 0 Å². The molecule has 0 aromatic carbocycles. The minimum atomic E-state index is 0.112. The Bertz CT molecular complexity index is 327. The molecule has 0 saturated carbocycles. The van der Waals surface area contributed by atoms with Crippen molar-refractivity contribution in [3.8, 4) is 0 Å². The number of hydrogen-bond donors (Lipinski definition) is 1. The topological polar surface area (TPSA) is 39.0 Å². The molecule has 0 unspecified atom stereocenters. The number of aromatic nitrogens is 2. The van der Waals surface area contributed by atoms with Gasteiger partial charge in [0.15, 0.2) is 0 Å². The third-order valence-corrected chi connectivity index (χ3v) is 2.51. The summed E-state index contributed by atoms with van der Waals surface area (Å²) < 4.78 is 3.51. The highest BCUT2D eigenvalue weighted by atomic mass is 16.1. The molecule has 1 rings (SSSR count). The van der Waals surface area contributed by atoms with Crippen LogP contribution >= 0.6 is 0 Å². The van der Waals surface area contributed by atoms with Gasteiger partial charge in [-0.1, -0.05) is 6.92 Å². The highest BCUT2D eigenvalue weighted by molar-refractivity contribution is 4.80. The van der Waals surface area contributed by atoms with Crippen LogP contribution in [0.2, 0.25) is 0 Å². The van der Waals surface area contributed by atoms with Crippen molar-refractivity contribution in [2.24, 2.45) is 0 Å². The van der Waals surface area contributed by atoms with E-state index in [4.69, 9.17) is 0 Å². The van der Waals surface area contributed by atoms with Gasteiger partial charge < -0.3 is 5.32 Å². The van der Waals surface area contributed by atoms with Crippen LogP contribution in [0.4, 0.5) is 0 Å². The van der Waals surface area contributed by atoms with Crippen LogP contribution in [0.3, 0.4) is 0 Å². The largest absolute Gasteiger partial charge is 0.328 e. The fourth-order valence-corrected chi connectivity index (χ4v) is 1.57. The van der Waals surface area contributed by atoms with Crippen molar-refractivity contribution in [2.45, 2.75) is 39.8 Å². The van der Waals surface area contributed by atoms with Crippen LogP contribution in [0.1, 0.15) is 26.7 Å². The first-order valence-corrected chi connectivity index (χ1v) is 5.75. The zero-order valence-electron chi connectivity index (χ0n) is 9.70. The van der Waals surface area contributed by atoms with E-state index in [0.29, 0.717) is 0 Å². The zero-order valence-corrected chi connectivity index (χ0v) is 9.70. The van der Waals surface area contributed by atoms with E-state index >= 15 is 0 Å². The van der Waals surface area contributed by atoms with Crippen molar-refractivity contribution in [2.75, 3.05) is 13.1 Å². The Morgan fingerprint density at radius 2 is 1.93 bits per heavy atom. The molecule has 0 aliphatic carbocycles. The van der Waals surface area contributed by atoms with E-state index in [2.05, 4.69) is 12.2 Å². The third kappa shape index (κ3) is 3.55. The van der Waals surface area contributed by atoms with Crippen molar-refractivity contribution < 1.29 is 0 Å². The quantitative estimate of drug-likeness (QED) is 0.685. The molecule has 4 heteroatoms. The SMILES string of the molecule is CCNCCCCn1ccn(CC)c1=O. The molecule has 4 nitrogen and oxygen atoms in total. The van der Waals surface area contributed by atoms with Gasteiger partial charge in [-0.25, -0.2) is 4.79 Å². The molecule has 1 heterocycles. The number of nitrogens with zero attached hydrogens (tertiary/aromatic N) is 2. The van der Waals surface area contributed by atoms with E-state index in [-0.39, 0.29) is 5.69 Å². The molecule has 0 amide bonds. The fraction of sp³-hybridized carbons (Fsp3) is 0.727. The maximum Gasteiger partial charge on any atom is 0.328 e. The fourth-order valence-electron chi connectivity index (χ4n) is 1.57. The summed E-state index contributed by atoms with van der Waals surface area (Å²) in [6.45, 7) is 7.73. The Kier molecular flexibility index (Phi) is 5.18. The van der Waals surface area contributed by atoms with Crippen LogP contribution in [0.25, 0.3) is 0 Å². The van der Waals surface area contributed by atoms with Crippen molar-refractivity contribution in [3.05, 3.63) is 22.9 Å². The first-order chi connectivity index (χ1) is 7.29. The molecular weight excluding hydrogens is 190 g/mol. The van der Waals surface area contributed by atoms with E-state index in [0.717, 1.165) is 39.0 Å². The summed E-state index contributed by atoms with van der Waals surface area (Å²) >= 11 is 0. The standard InChI is InChI=1S/C11H21N3O/c1-3-12-7-5-6-8-14-10-9-13(4-2)11(14)15/h9-10,12H,3-8H2,1-2H3. The van der Waals surface area contributed by atoms with Crippen molar-refractivity contribution in [1.82, 2.24) is 14.5 Å². The van der Waals surface area contributed by atoms with Crippen molar-refractivity contribution in [1.29, 1.82) is 0 Å². The zero-order chi connectivity index (χ0) is 11.1. The van der Waals surface area contributed by atoms with Crippen LogP contribution in [0, 0.1) is 0 Å². The van der Waals surface area contributed by atoms with Gasteiger partial charge in [0, 0.05) is 25.5 Å². The molecule has 1 aromatic rings. The molecule has 0 saturated heterocycles. The summed E-state index contributed by atoms with van der Waals surface area (Å²) in [5.41, 5.74) is 0.112. The lowest BCUT2D eigenvalue weighted by Crippen LogP contribution is -2.24. The minimum absolute atomic E-state index is 0.112.